The van der Waals surface area contributed by atoms with Crippen LogP contribution in [0, 0.1) is 0 Å². The molecule has 0 radical (unpaired) electrons. The van der Waals surface area contributed by atoms with Gasteiger partial charge in [-0.1, -0.05) is 34.5 Å². The van der Waals surface area contributed by atoms with Crippen LogP contribution in [0.4, 0.5) is 0 Å². The normalized spacial score (nSPS) is 17.1. The highest BCUT2D eigenvalue weighted by atomic mass is 79.9. The topological polar surface area (TPSA) is 3.24 Å². The van der Waals surface area contributed by atoms with E-state index in [1.165, 1.54) is 42.4 Å². The van der Waals surface area contributed by atoms with Gasteiger partial charge in [-0.3, -0.25) is 4.90 Å². The smallest absolute Gasteiger partial charge is 0.0233 e. The molecule has 3 heteroatoms. The van der Waals surface area contributed by atoms with Crippen LogP contribution >= 0.6 is 28.3 Å². The first kappa shape index (κ1) is 13.0. The number of halogens is 2. The van der Waals surface area contributed by atoms with E-state index in [-0.39, 0.29) is 12.4 Å². The number of hydrogen-bond donors (Lipinski definition) is 0. The summed E-state index contributed by atoms with van der Waals surface area (Å²) in [5.41, 5.74) is 1.43. The van der Waals surface area contributed by atoms with E-state index < -0.39 is 0 Å². The Hall–Kier alpha value is -0.0500. The van der Waals surface area contributed by atoms with Gasteiger partial charge >= 0.3 is 0 Å². The molecule has 1 heterocycles. The molecule has 0 bridgehead atoms. The predicted octanol–water partition coefficient (Wildman–Crippen LogP) is 3.86. The van der Waals surface area contributed by atoms with Crippen LogP contribution in [0.5, 0.6) is 0 Å². The minimum absolute atomic E-state index is 0. The summed E-state index contributed by atoms with van der Waals surface area (Å²) in [5.74, 6) is 0. The van der Waals surface area contributed by atoms with Gasteiger partial charge in [0, 0.05) is 11.0 Å². The molecule has 0 amide bonds. The largest absolute Gasteiger partial charge is 0.299 e. The second-order valence-electron chi connectivity index (χ2n) is 3.96. The Balaban J connectivity index is 0.00000112. The second-order valence-corrected chi connectivity index (χ2v) is 4.88. The van der Waals surface area contributed by atoms with Crippen LogP contribution in [0.25, 0.3) is 0 Å². The molecule has 0 N–H and O–H groups in total. The number of nitrogens with zero attached hydrogens (tertiary/aromatic N) is 1. The highest BCUT2D eigenvalue weighted by Crippen LogP contribution is 2.15. The van der Waals surface area contributed by atoms with E-state index in [1.807, 2.05) is 0 Å². The van der Waals surface area contributed by atoms with Crippen LogP contribution in [0.3, 0.4) is 0 Å². The third-order valence-electron chi connectivity index (χ3n) is 2.77. The molecule has 0 unspecified atom stereocenters. The van der Waals surface area contributed by atoms with Gasteiger partial charge in [-0.2, -0.15) is 0 Å². The lowest BCUT2D eigenvalue weighted by Crippen LogP contribution is -2.28. The summed E-state index contributed by atoms with van der Waals surface area (Å²) in [5, 5.41) is 0. The number of rotatable bonds is 2. The SMILES string of the molecule is Brc1ccc(CN2CCCCC2)cc1.Cl. The molecule has 1 aliphatic heterocycles. The third-order valence-corrected chi connectivity index (χ3v) is 3.30. The average Bonchev–Trinajstić information content (AvgIpc) is 2.23. The first-order chi connectivity index (χ1) is 6.84. The van der Waals surface area contributed by atoms with Gasteiger partial charge in [-0.15, -0.1) is 12.4 Å². The zero-order valence-corrected chi connectivity index (χ0v) is 11.2. The van der Waals surface area contributed by atoms with Gasteiger partial charge in [0.15, 0.2) is 0 Å². The molecular weight excluding hydrogens is 273 g/mol. The molecule has 0 aromatic heterocycles. The van der Waals surface area contributed by atoms with Gasteiger partial charge in [-0.25, -0.2) is 0 Å². The van der Waals surface area contributed by atoms with E-state index >= 15 is 0 Å². The zero-order chi connectivity index (χ0) is 9.80. The lowest BCUT2D eigenvalue weighted by molar-refractivity contribution is 0.221. The lowest BCUT2D eigenvalue weighted by Gasteiger charge is -2.26. The van der Waals surface area contributed by atoms with E-state index in [0.717, 1.165) is 6.54 Å². The summed E-state index contributed by atoms with van der Waals surface area (Å²) in [6.45, 7) is 3.67. The van der Waals surface area contributed by atoms with Crippen molar-refractivity contribution in [2.45, 2.75) is 25.8 Å². The van der Waals surface area contributed by atoms with Crippen molar-refractivity contribution in [2.24, 2.45) is 0 Å². The number of benzene rings is 1. The van der Waals surface area contributed by atoms with E-state index in [1.54, 1.807) is 0 Å². The Kier molecular flexibility index (Phi) is 5.65. The molecule has 0 aliphatic carbocycles. The standard InChI is InChI=1S/C12H16BrN.ClH/c13-12-6-4-11(5-7-12)10-14-8-2-1-3-9-14;/h4-7H,1-3,8-10H2;1H. The quantitative estimate of drug-likeness (QED) is 0.799. The summed E-state index contributed by atoms with van der Waals surface area (Å²) in [7, 11) is 0. The molecule has 0 saturated carbocycles. The minimum Gasteiger partial charge on any atom is -0.299 e. The van der Waals surface area contributed by atoms with Crippen molar-refractivity contribution in [3.8, 4) is 0 Å². The molecule has 84 valence electrons. The zero-order valence-electron chi connectivity index (χ0n) is 8.79. The van der Waals surface area contributed by atoms with Crippen LogP contribution in [0.15, 0.2) is 28.7 Å². The van der Waals surface area contributed by atoms with Crippen LogP contribution < -0.4 is 0 Å². The molecule has 15 heavy (non-hydrogen) atoms. The first-order valence-electron chi connectivity index (χ1n) is 5.31. The van der Waals surface area contributed by atoms with Gasteiger partial charge in [0.2, 0.25) is 0 Å². The third kappa shape index (κ3) is 4.13. The van der Waals surface area contributed by atoms with Crippen molar-refractivity contribution in [1.29, 1.82) is 0 Å². The Bertz CT molecular complexity index is 280. The summed E-state index contributed by atoms with van der Waals surface area (Å²) in [6, 6.07) is 8.66. The highest BCUT2D eigenvalue weighted by Gasteiger charge is 2.09. The molecule has 1 aliphatic rings. The van der Waals surface area contributed by atoms with Gasteiger partial charge in [0.05, 0.1) is 0 Å². The summed E-state index contributed by atoms with van der Waals surface area (Å²) < 4.78 is 1.17. The molecule has 0 spiro atoms. The van der Waals surface area contributed by atoms with Crippen LogP contribution in [0.2, 0.25) is 0 Å². The molecule has 1 aromatic carbocycles. The maximum Gasteiger partial charge on any atom is 0.0233 e. The van der Waals surface area contributed by atoms with E-state index in [2.05, 4.69) is 45.1 Å². The van der Waals surface area contributed by atoms with Crippen molar-refractivity contribution in [3.05, 3.63) is 34.3 Å². The summed E-state index contributed by atoms with van der Waals surface area (Å²) >= 11 is 3.46. The highest BCUT2D eigenvalue weighted by molar-refractivity contribution is 9.10. The molecule has 1 fully saturated rings. The Morgan fingerprint density at radius 2 is 1.60 bits per heavy atom. The van der Waals surface area contributed by atoms with Crippen molar-refractivity contribution in [3.63, 3.8) is 0 Å². The number of hydrogen-bond acceptors (Lipinski definition) is 1. The summed E-state index contributed by atoms with van der Waals surface area (Å²) in [4.78, 5) is 2.55. The van der Waals surface area contributed by atoms with E-state index in [4.69, 9.17) is 0 Å². The van der Waals surface area contributed by atoms with Gasteiger partial charge in [0.25, 0.3) is 0 Å². The van der Waals surface area contributed by atoms with Crippen LogP contribution in [0.1, 0.15) is 24.8 Å². The summed E-state index contributed by atoms with van der Waals surface area (Å²) in [6.07, 6.45) is 4.16. The first-order valence-corrected chi connectivity index (χ1v) is 6.11. The Morgan fingerprint density at radius 3 is 2.20 bits per heavy atom. The number of piperidine rings is 1. The molecule has 1 saturated heterocycles. The Morgan fingerprint density at radius 1 is 1.00 bits per heavy atom. The van der Waals surface area contributed by atoms with Crippen molar-refractivity contribution in [1.82, 2.24) is 4.90 Å². The molecular formula is C12H17BrClN. The average molecular weight is 291 g/mol. The monoisotopic (exact) mass is 289 g/mol. The fourth-order valence-electron chi connectivity index (χ4n) is 1.97. The molecule has 1 aromatic rings. The fraction of sp³-hybridized carbons (Fsp3) is 0.500. The van der Waals surface area contributed by atoms with Crippen molar-refractivity contribution >= 4 is 28.3 Å². The van der Waals surface area contributed by atoms with Crippen molar-refractivity contribution < 1.29 is 0 Å². The predicted molar refractivity (Wildman–Crippen MR) is 70.5 cm³/mol. The van der Waals surface area contributed by atoms with E-state index in [9.17, 15) is 0 Å². The molecule has 0 atom stereocenters. The Labute approximate surface area is 106 Å². The maximum absolute atomic E-state index is 3.46. The fourth-order valence-corrected chi connectivity index (χ4v) is 2.23. The number of likely N-dealkylation sites (tertiary alicyclic amines) is 1. The second kappa shape index (κ2) is 6.51. The molecule has 2 rings (SSSR count). The van der Waals surface area contributed by atoms with E-state index in [0.29, 0.717) is 0 Å². The maximum atomic E-state index is 3.46. The minimum atomic E-state index is 0. The van der Waals surface area contributed by atoms with Gasteiger partial charge in [0.1, 0.15) is 0 Å². The van der Waals surface area contributed by atoms with Crippen LogP contribution in [-0.2, 0) is 6.54 Å². The van der Waals surface area contributed by atoms with Crippen LogP contribution in [-0.4, -0.2) is 18.0 Å². The lowest BCUT2D eigenvalue weighted by atomic mass is 10.1. The molecule has 1 nitrogen and oxygen atoms in total. The van der Waals surface area contributed by atoms with Gasteiger partial charge in [-0.05, 0) is 43.6 Å². The van der Waals surface area contributed by atoms with Crippen molar-refractivity contribution in [2.75, 3.05) is 13.1 Å². The van der Waals surface area contributed by atoms with Gasteiger partial charge < -0.3 is 0 Å².